The number of carboxylic acids is 1. The lowest BCUT2D eigenvalue weighted by Gasteiger charge is -2.25. The van der Waals surface area contributed by atoms with Crippen molar-refractivity contribution in [3.05, 3.63) is 24.3 Å². The van der Waals surface area contributed by atoms with Gasteiger partial charge in [-0.2, -0.15) is 0 Å². The summed E-state index contributed by atoms with van der Waals surface area (Å²) < 4.78 is 22.7. The Morgan fingerprint density at radius 1 is 0.526 bits per heavy atom. The number of nitrogens with zero attached hydrogens (tertiary/aromatic N) is 1. The highest BCUT2D eigenvalue weighted by Crippen LogP contribution is 2.15. The van der Waals surface area contributed by atoms with Gasteiger partial charge in [0.05, 0.1) is 34.4 Å². The second-order valence-corrected chi connectivity index (χ2v) is 17.1. The number of hydrogen-bond acceptors (Lipinski definition) is 7. The molecule has 0 bridgehead atoms. The van der Waals surface area contributed by atoms with Gasteiger partial charge in [0, 0.05) is 12.8 Å². The molecule has 0 saturated carbocycles. The quantitative estimate of drug-likeness (QED) is 0.0213. The van der Waals surface area contributed by atoms with Gasteiger partial charge in [0.25, 0.3) is 6.29 Å². The molecule has 0 radical (unpaired) electrons. The Morgan fingerprint density at radius 2 is 0.947 bits per heavy atom. The van der Waals surface area contributed by atoms with Crippen LogP contribution in [0.25, 0.3) is 0 Å². The number of rotatable bonds is 43. The molecular formula is C48H90NO8+. The summed E-state index contributed by atoms with van der Waals surface area (Å²) in [5.41, 5.74) is 0. The van der Waals surface area contributed by atoms with Crippen LogP contribution < -0.4 is 0 Å². The van der Waals surface area contributed by atoms with E-state index in [1.54, 1.807) is 0 Å². The number of ether oxygens (including phenoxy) is 4. The van der Waals surface area contributed by atoms with Crippen LogP contribution in [0.2, 0.25) is 0 Å². The predicted octanol–water partition coefficient (Wildman–Crippen LogP) is 12.4. The van der Waals surface area contributed by atoms with Crippen LogP contribution in [0.15, 0.2) is 24.3 Å². The van der Waals surface area contributed by atoms with Crippen LogP contribution >= 0.6 is 0 Å². The molecule has 0 rings (SSSR count). The van der Waals surface area contributed by atoms with E-state index in [0.29, 0.717) is 23.9 Å². The molecule has 0 aliphatic carbocycles. The van der Waals surface area contributed by atoms with Crippen molar-refractivity contribution in [2.45, 2.75) is 219 Å². The summed E-state index contributed by atoms with van der Waals surface area (Å²) in [6.07, 6.45) is 40.8. The van der Waals surface area contributed by atoms with E-state index in [0.717, 1.165) is 51.4 Å². The first-order valence-corrected chi connectivity index (χ1v) is 23.5. The Bertz CT molecular complexity index is 991. The first-order chi connectivity index (χ1) is 27.6. The zero-order valence-corrected chi connectivity index (χ0v) is 37.8. The van der Waals surface area contributed by atoms with E-state index in [1.165, 1.54) is 122 Å². The van der Waals surface area contributed by atoms with Gasteiger partial charge in [-0.05, 0) is 44.9 Å². The first-order valence-electron chi connectivity index (χ1n) is 23.5. The van der Waals surface area contributed by atoms with Crippen molar-refractivity contribution in [2.24, 2.45) is 0 Å². The first kappa shape index (κ1) is 54.8. The standard InChI is InChI=1S/C48H89NO8/c1-6-8-10-12-14-16-18-20-22-23-24-25-27-29-31-33-35-37-39-46(51)57-44(43-56-48(47(52)53)54-41-40-49(3,4)5)42-55-45(50)38-36-34-32-30-28-26-21-19-17-15-13-11-9-7-2/h16,18,22-23,44,48H,6-15,17,19-21,24-43H2,1-5H3/p+1/b18-16-,23-22-. The van der Waals surface area contributed by atoms with Crippen molar-refractivity contribution >= 4 is 17.9 Å². The zero-order valence-electron chi connectivity index (χ0n) is 37.8. The largest absolute Gasteiger partial charge is 0.477 e. The molecule has 0 aliphatic heterocycles. The Hall–Kier alpha value is -2.23. The number of esters is 2. The molecule has 1 N–H and O–H groups in total. The topological polar surface area (TPSA) is 108 Å². The molecular weight excluding hydrogens is 719 g/mol. The second-order valence-electron chi connectivity index (χ2n) is 17.1. The lowest BCUT2D eigenvalue weighted by Crippen LogP contribution is -2.40. The fourth-order valence-corrected chi connectivity index (χ4v) is 6.51. The Kier molecular flexibility index (Phi) is 39.0. The average molecular weight is 809 g/mol. The fourth-order valence-electron chi connectivity index (χ4n) is 6.51. The molecule has 0 saturated heterocycles. The van der Waals surface area contributed by atoms with E-state index in [4.69, 9.17) is 18.9 Å². The molecule has 0 spiro atoms. The number of allylic oxidation sites excluding steroid dienone is 4. The predicted molar refractivity (Wildman–Crippen MR) is 235 cm³/mol. The van der Waals surface area contributed by atoms with E-state index in [2.05, 4.69) is 38.2 Å². The molecule has 9 heteroatoms. The van der Waals surface area contributed by atoms with Gasteiger partial charge < -0.3 is 28.5 Å². The van der Waals surface area contributed by atoms with Gasteiger partial charge in [0.15, 0.2) is 6.10 Å². The highest BCUT2D eigenvalue weighted by Gasteiger charge is 2.25. The minimum Gasteiger partial charge on any atom is -0.477 e. The number of hydrogen-bond donors (Lipinski definition) is 1. The lowest BCUT2D eigenvalue weighted by molar-refractivity contribution is -0.870. The third-order valence-electron chi connectivity index (χ3n) is 10.2. The molecule has 0 amide bonds. The number of carbonyl (C=O) groups excluding carboxylic acids is 2. The second kappa shape index (κ2) is 40.5. The molecule has 0 fully saturated rings. The smallest absolute Gasteiger partial charge is 0.361 e. The minimum atomic E-state index is -1.51. The van der Waals surface area contributed by atoms with Crippen LogP contribution in [0.3, 0.4) is 0 Å². The molecule has 9 nitrogen and oxygen atoms in total. The number of carboxylic acid groups (broad SMARTS) is 1. The van der Waals surface area contributed by atoms with Crippen molar-refractivity contribution in [3.8, 4) is 0 Å². The number of quaternary nitrogens is 1. The van der Waals surface area contributed by atoms with Crippen molar-refractivity contribution in [1.82, 2.24) is 0 Å². The van der Waals surface area contributed by atoms with Crippen molar-refractivity contribution in [1.29, 1.82) is 0 Å². The zero-order chi connectivity index (χ0) is 42.1. The van der Waals surface area contributed by atoms with Gasteiger partial charge in [0.2, 0.25) is 0 Å². The van der Waals surface area contributed by atoms with Crippen LogP contribution in [0.5, 0.6) is 0 Å². The third-order valence-corrected chi connectivity index (χ3v) is 10.2. The average Bonchev–Trinajstić information content (AvgIpc) is 3.17. The summed E-state index contributed by atoms with van der Waals surface area (Å²) in [7, 11) is 5.96. The van der Waals surface area contributed by atoms with E-state index in [9.17, 15) is 19.5 Å². The van der Waals surface area contributed by atoms with E-state index in [1.807, 2.05) is 21.1 Å². The van der Waals surface area contributed by atoms with Crippen molar-refractivity contribution in [3.63, 3.8) is 0 Å². The Labute approximate surface area is 350 Å². The van der Waals surface area contributed by atoms with E-state index >= 15 is 0 Å². The highest BCUT2D eigenvalue weighted by atomic mass is 16.7. The molecule has 0 aliphatic rings. The normalized spacial score (nSPS) is 13.1. The third kappa shape index (κ3) is 41.7. The van der Waals surface area contributed by atoms with Gasteiger partial charge in [-0.25, -0.2) is 4.79 Å². The molecule has 2 atom stereocenters. The molecule has 334 valence electrons. The van der Waals surface area contributed by atoms with Gasteiger partial charge in [-0.15, -0.1) is 0 Å². The Morgan fingerprint density at radius 3 is 1.40 bits per heavy atom. The summed E-state index contributed by atoms with van der Waals surface area (Å²) in [6.45, 7) is 4.86. The number of carbonyl (C=O) groups is 3. The number of unbranched alkanes of at least 4 members (excludes halogenated alkanes) is 24. The molecule has 57 heavy (non-hydrogen) atoms. The van der Waals surface area contributed by atoms with Crippen LogP contribution in [0.4, 0.5) is 0 Å². The van der Waals surface area contributed by atoms with Crippen LogP contribution in [-0.2, 0) is 33.3 Å². The van der Waals surface area contributed by atoms with E-state index < -0.39 is 24.3 Å². The SMILES string of the molecule is CCCCCC/C=C\C/C=C\CCCCCCCCCC(=O)OC(COC(=O)CCCCCCCCCCCCCCCC)COC(OCC[N+](C)(C)C)C(=O)O. The minimum absolute atomic E-state index is 0.181. The van der Waals surface area contributed by atoms with Crippen molar-refractivity contribution < 1.29 is 42.9 Å². The maximum absolute atomic E-state index is 12.8. The summed E-state index contributed by atoms with van der Waals surface area (Å²) in [5.74, 6) is -2.01. The van der Waals surface area contributed by atoms with Gasteiger partial charge in [-0.1, -0.05) is 173 Å². The summed E-state index contributed by atoms with van der Waals surface area (Å²) in [4.78, 5) is 37.1. The molecule has 0 aromatic heterocycles. The van der Waals surface area contributed by atoms with Crippen LogP contribution in [-0.4, -0.2) is 87.4 Å². The van der Waals surface area contributed by atoms with Crippen LogP contribution in [0, 0.1) is 0 Å². The van der Waals surface area contributed by atoms with Gasteiger partial charge >= 0.3 is 17.9 Å². The van der Waals surface area contributed by atoms with Crippen molar-refractivity contribution in [2.75, 3.05) is 47.5 Å². The summed E-state index contributed by atoms with van der Waals surface area (Å²) >= 11 is 0. The fraction of sp³-hybridized carbons (Fsp3) is 0.854. The molecule has 0 aromatic carbocycles. The maximum atomic E-state index is 12.8. The van der Waals surface area contributed by atoms with E-state index in [-0.39, 0.29) is 32.2 Å². The monoisotopic (exact) mass is 809 g/mol. The summed E-state index contributed by atoms with van der Waals surface area (Å²) in [6, 6.07) is 0. The number of aliphatic carboxylic acids is 1. The number of likely N-dealkylation sites (N-methyl/N-ethyl adjacent to an activating group) is 1. The highest BCUT2D eigenvalue weighted by molar-refractivity contribution is 5.71. The van der Waals surface area contributed by atoms with Gasteiger partial charge in [-0.3, -0.25) is 9.59 Å². The molecule has 0 aromatic rings. The van der Waals surface area contributed by atoms with Gasteiger partial charge in [0.1, 0.15) is 13.2 Å². The maximum Gasteiger partial charge on any atom is 0.361 e. The molecule has 2 unspecified atom stereocenters. The summed E-state index contributed by atoms with van der Waals surface area (Å²) in [5, 5.41) is 9.64. The lowest BCUT2D eigenvalue weighted by atomic mass is 10.0. The van der Waals surface area contributed by atoms with Crippen LogP contribution in [0.1, 0.15) is 206 Å². The molecule has 0 heterocycles. The Balaban J connectivity index is 4.41.